The Hall–Kier alpha value is -1.34. The van der Waals surface area contributed by atoms with Gasteiger partial charge in [0.1, 0.15) is 0 Å². The number of hydrogen-bond donors (Lipinski definition) is 1. The minimum absolute atomic E-state index is 0.115. The van der Waals surface area contributed by atoms with Gasteiger partial charge in [0.05, 0.1) is 19.3 Å². The lowest BCUT2D eigenvalue weighted by atomic mass is 10.1. The monoisotopic (exact) mass is 260 g/mol. The molecule has 1 heterocycles. The lowest BCUT2D eigenvalue weighted by Gasteiger charge is -2.22. The molecule has 3 heteroatoms. The lowest BCUT2D eigenvalue weighted by molar-refractivity contribution is -0.0390. The van der Waals surface area contributed by atoms with Gasteiger partial charge >= 0.3 is 0 Å². The van der Waals surface area contributed by atoms with Crippen molar-refractivity contribution in [1.29, 1.82) is 0 Å². The van der Waals surface area contributed by atoms with Gasteiger partial charge in [0.25, 0.3) is 0 Å². The van der Waals surface area contributed by atoms with Crippen molar-refractivity contribution in [3.8, 4) is 11.8 Å². The van der Waals surface area contributed by atoms with E-state index in [0.29, 0.717) is 19.1 Å². The third-order valence-electron chi connectivity index (χ3n) is 3.08. The van der Waals surface area contributed by atoms with Gasteiger partial charge in [-0.2, -0.15) is 0 Å². The molecule has 0 radical (unpaired) electrons. The van der Waals surface area contributed by atoms with Gasteiger partial charge in [0.2, 0.25) is 0 Å². The Balaban J connectivity index is 1.80. The van der Waals surface area contributed by atoms with Crippen LogP contribution < -0.4 is 0 Å². The van der Waals surface area contributed by atoms with Crippen LogP contribution in [-0.2, 0) is 16.1 Å². The molecule has 0 spiro atoms. The third-order valence-corrected chi connectivity index (χ3v) is 3.08. The normalized spacial score (nSPS) is 15.8. The van der Waals surface area contributed by atoms with Gasteiger partial charge in [-0.15, -0.1) is 0 Å². The number of aliphatic hydroxyl groups excluding tert-OH is 1. The van der Waals surface area contributed by atoms with Gasteiger partial charge in [-0.3, -0.25) is 0 Å². The molecule has 2 rings (SSSR count). The zero-order valence-corrected chi connectivity index (χ0v) is 11.1. The standard InChI is InChI=1S/C16H20O3/c17-10-2-1-3-14-4-6-15(7-5-14)13-19-16-8-11-18-12-9-16/h4-7,16-17H,2,8-13H2. The molecular formula is C16H20O3. The Bertz CT molecular complexity index is 422. The van der Waals surface area contributed by atoms with Gasteiger partial charge in [-0.05, 0) is 30.5 Å². The van der Waals surface area contributed by atoms with Crippen molar-refractivity contribution in [3.63, 3.8) is 0 Å². The SMILES string of the molecule is OCCC#Cc1ccc(COC2CCOCC2)cc1. The molecule has 0 amide bonds. The highest BCUT2D eigenvalue weighted by molar-refractivity contribution is 5.35. The van der Waals surface area contributed by atoms with Crippen LogP contribution in [0.1, 0.15) is 30.4 Å². The molecule has 0 unspecified atom stereocenters. The average molecular weight is 260 g/mol. The van der Waals surface area contributed by atoms with Gasteiger partial charge in [0, 0.05) is 25.2 Å². The summed E-state index contributed by atoms with van der Waals surface area (Å²) in [5.41, 5.74) is 2.14. The first-order valence-corrected chi connectivity index (χ1v) is 6.76. The maximum absolute atomic E-state index is 8.65. The van der Waals surface area contributed by atoms with Crippen molar-refractivity contribution in [2.75, 3.05) is 19.8 Å². The van der Waals surface area contributed by atoms with E-state index in [9.17, 15) is 0 Å². The van der Waals surface area contributed by atoms with Gasteiger partial charge < -0.3 is 14.6 Å². The first kappa shape index (κ1) is 14.1. The highest BCUT2D eigenvalue weighted by Gasteiger charge is 2.13. The maximum atomic E-state index is 8.65. The molecule has 102 valence electrons. The number of ether oxygens (including phenoxy) is 2. The van der Waals surface area contributed by atoms with E-state index in [1.54, 1.807) is 0 Å². The zero-order chi connectivity index (χ0) is 13.3. The Morgan fingerprint density at radius 2 is 1.95 bits per heavy atom. The van der Waals surface area contributed by atoms with Crippen molar-refractivity contribution >= 4 is 0 Å². The average Bonchev–Trinajstić information content (AvgIpc) is 2.48. The zero-order valence-electron chi connectivity index (χ0n) is 11.1. The minimum Gasteiger partial charge on any atom is -0.395 e. The minimum atomic E-state index is 0.115. The number of rotatable bonds is 4. The van der Waals surface area contributed by atoms with Crippen LogP contribution in [0.15, 0.2) is 24.3 Å². The van der Waals surface area contributed by atoms with Gasteiger partial charge in [0.15, 0.2) is 0 Å². The molecule has 19 heavy (non-hydrogen) atoms. The van der Waals surface area contributed by atoms with E-state index in [2.05, 4.69) is 11.8 Å². The highest BCUT2D eigenvalue weighted by atomic mass is 16.5. The first-order valence-electron chi connectivity index (χ1n) is 6.76. The Kier molecular flexibility index (Phi) is 5.90. The molecule has 3 nitrogen and oxygen atoms in total. The van der Waals surface area contributed by atoms with Crippen LogP contribution in [0.3, 0.4) is 0 Å². The summed E-state index contributed by atoms with van der Waals surface area (Å²) in [7, 11) is 0. The van der Waals surface area contributed by atoms with E-state index in [-0.39, 0.29) is 6.61 Å². The first-order chi connectivity index (χ1) is 9.38. The summed E-state index contributed by atoms with van der Waals surface area (Å²) in [5.74, 6) is 5.92. The molecule has 0 atom stereocenters. The van der Waals surface area contributed by atoms with E-state index in [0.717, 1.165) is 31.6 Å². The molecular weight excluding hydrogens is 240 g/mol. The summed E-state index contributed by atoms with van der Waals surface area (Å²) in [6, 6.07) is 8.07. The van der Waals surface area contributed by atoms with E-state index < -0.39 is 0 Å². The smallest absolute Gasteiger partial charge is 0.0720 e. The molecule has 1 aliphatic heterocycles. The Morgan fingerprint density at radius 1 is 1.21 bits per heavy atom. The van der Waals surface area contributed by atoms with Crippen molar-refractivity contribution in [2.24, 2.45) is 0 Å². The van der Waals surface area contributed by atoms with Crippen LogP contribution in [0.5, 0.6) is 0 Å². The molecule has 1 saturated heterocycles. The molecule has 0 saturated carbocycles. The predicted molar refractivity (Wildman–Crippen MR) is 73.7 cm³/mol. The maximum Gasteiger partial charge on any atom is 0.0720 e. The predicted octanol–water partition coefficient (Wildman–Crippen LogP) is 2.12. The molecule has 0 aliphatic carbocycles. The van der Waals surface area contributed by atoms with Crippen LogP contribution in [0.25, 0.3) is 0 Å². The summed E-state index contributed by atoms with van der Waals surface area (Å²) in [6.07, 6.45) is 2.84. The summed E-state index contributed by atoms with van der Waals surface area (Å²) in [4.78, 5) is 0. The van der Waals surface area contributed by atoms with Crippen LogP contribution in [0.4, 0.5) is 0 Å². The second kappa shape index (κ2) is 7.96. The second-order valence-electron chi connectivity index (χ2n) is 4.60. The summed E-state index contributed by atoms with van der Waals surface area (Å²) >= 11 is 0. The van der Waals surface area contributed by atoms with E-state index in [4.69, 9.17) is 14.6 Å². The van der Waals surface area contributed by atoms with Crippen LogP contribution in [-0.4, -0.2) is 31.0 Å². The molecule has 1 fully saturated rings. The largest absolute Gasteiger partial charge is 0.395 e. The Labute approximate surface area is 114 Å². The van der Waals surface area contributed by atoms with Crippen LogP contribution in [0.2, 0.25) is 0 Å². The van der Waals surface area contributed by atoms with Crippen molar-refractivity contribution in [3.05, 3.63) is 35.4 Å². The molecule has 0 bridgehead atoms. The number of hydrogen-bond acceptors (Lipinski definition) is 3. The van der Waals surface area contributed by atoms with E-state index in [1.807, 2.05) is 24.3 Å². The number of benzene rings is 1. The second-order valence-corrected chi connectivity index (χ2v) is 4.60. The van der Waals surface area contributed by atoms with Crippen LogP contribution in [0, 0.1) is 11.8 Å². The summed E-state index contributed by atoms with van der Waals surface area (Å²) in [6.45, 7) is 2.38. The fourth-order valence-corrected chi connectivity index (χ4v) is 1.96. The molecule has 1 N–H and O–H groups in total. The lowest BCUT2D eigenvalue weighted by Crippen LogP contribution is -2.23. The van der Waals surface area contributed by atoms with Crippen LogP contribution >= 0.6 is 0 Å². The van der Waals surface area contributed by atoms with Gasteiger partial charge in [-0.1, -0.05) is 24.0 Å². The number of aliphatic hydroxyl groups is 1. The topological polar surface area (TPSA) is 38.7 Å². The van der Waals surface area contributed by atoms with Crippen molar-refractivity contribution in [2.45, 2.75) is 32.0 Å². The van der Waals surface area contributed by atoms with Crippen molar-refractivity contribution < 1.29 is 14.6 Å². The molecule has 1 aliphatic rings. The molecule has 0 aromatic heterocycles. The summed E-state index contributed by atoms with van der Waals surface area (Å²) in [5, 5.41) is 8.65. The fraction of sp³-hybridized carbons (Fsp3) is 0.500. The quantitative estimate of drug-likeness (QED) is 0.843. The summed E-state index contributed by atoms with van der Waals surface area (Å²) < 4.78 is 11.2. The van der Waals surface area contributed by atoms with E-state index in [1.165, 1.54) is 5.56 Å². The third kappa shape index (κ3) is 5.04. The Morgan fingerprint density at radius 3 is 2.63 bits per heavy atom. The van der Waals surface area contributed by atoms with Crippen molar-refractivity contribution in [1.82, 2.24) is 0 Å². The fourth-order valence-electron chi connectivity index (χ4n) is 1.96. The highest BCUT2D eigenvalue weighted by Crippen LogP contribution is 2.13. The molecule has 1 aromatic carbocycles. The van der Waals surface area contributed by atoms with Gasteiger partial charge in [-0.25, -0.2) is 0 Å². The van der Waals surface area contributed by atoms with E-state index >= 15 is 0 Å². The molecule has 1 aromatic rings.